The fourth-order valence-electron chi connectivity index (χ4n) is 1.72. The molecule has 0 atom stereocenters. The molecular weight excluding hydrogens is 300 g/mol. The Kier molecular flexibility index (Phi) is 3.42. The Morgan fingerprint density at radius 3 is 2.57 bits per heavy atom. The molecule has 2 aromatic rings. The first-order valence-corrected chi connectivity index (χ1v) is 7.40. The molecule has 0 saturated carbocycles. The Hall–Kier alpha value is -2.13. The second kappa shape index (κ2) is 4.71. The van der Waals surface area contributed by atoms with Gasteiger partial charge in [-0.05, 0) is 26.0 Å². The molecule has 1 heterocycles. The zero-order valence-corrected chi connectivity index (χ0v) is 12.4. The SMILES string of the molecule is Cn1c(=O)oc2cc(S(=O)(=O)NC(C)(C)C(=O)O)ccc21. The summed E-state index contributed by atoms with van der Waals surface area (Å²) in [5, 5.41) is 8.97. The second-order valence-corrected chi connectivity index (χ2v) is 6.77. The Bertz CT molecular complexity index is 875. The highest BCUT2D eigenvalue weighted by atomic mass is 32.2. The summed E-state index contributed by atoms with van der Waals surface area (Å²) in [6.45, 7) is 2.46. The quantitative estimate of drug-likeness (QED) is 0.836. The first-order valence-electron chi connectivity index (χ1n) is 5.91. The number of aromatic nitrogens is 1. The molecule has 2 rings (SSSR count). The number of nitrogens with zero attached hydrogens (tertiary/aromatic N) is 1. The van der Waals surface area contributed by atoms with Gasteiger partial charge in [0.1, 0.15) is 5.54 Å². The average molecular weight is 314 g/mol. The van der Waals surface area contributed by atoms with Crippen LogP contribution in [0.4, 0.5) is 0 Å². The Morgan fingerprint density at radius 2 is 2.00 bits per heavy atom. The topological polar surface area (TPSA) is 119 Å². The van der Waals surface area contributed by atoms with Crippen molar-refractivity contribution in [2.45, 2.75) is 24.3 Å². The minimum absolute atomic E-state index is 0.110. The average Bonchev–Trinajstić information content (AvgIpc) is 2.63. The van der Waals surface area contributed by atoms with E-state index in [1.807, 2.05) is 0 Å². The molecule has 8 nitrogen and oxygen atoms in total. The van der Waals surface area contributed by atoms with Crippen LogP contribution in [-0.4, -0.2) is 29.6 Å². The van der Waals surface area contributed by atoms with Crippen LogP contribution in [0.2, 0.25) is 0 Å². The number of oxazole rings is 1. The van der Waals surface area contributed by atoms with Crippen molar-refractivity contribution in [1.82, 2.24) is 9.29 Å². The number of sulfonamides is 1. The van der Waals surface area contributed by atoms with Crippen LogP contribution >= 0.6 is 0 Å². The monoisotopic (exact) mass is 314 g/mol. The van der Waals surface area contributed by atoms with Crippen molar-refractivity contribution in [2.75, 3.05) is 0 Å². The van der Waals surface area contributed by atoms with E-state index in [1.54, 1.807) is 0 Å². The molecule has 0 unspecified atom stereocenters. The summed E-state index contributed by atoms with van der Waals surface area (Å²) in [5.74, 6) is -1.92. The third kappa shape index (κ3) is 2.69. The first-order chi connectivity index (χ1) is 9.54. The largest absolute Gasteiger partial charge is 0.480 e. The molecular formula is C12H14N2O6S. The lowest BCUT2D eigenvalue weighted by atomic mass is 10.1. The van der Waals surface area contributed by atoms with Gasteiger partial charge in [0.05, 0.1) is 10.4 Å². The van der Waals surface area contributed by atoms with Crippen molar-refractivity contribution in [2.24, 2.45) is 7.05 Å². The van der Waals surface area contributed by atoms with Crippen LogP contribution in [0.3, 0.4) is 0 Å². The van der Waals surface area contributed by atoms with Gasteiger partial charge in [-0.2, -0.15) is 4.72 Å². The number of rotatable bonds is 4. The highest BCUT2D eigenvalue weighted by molar-refractivity contribution is 7.89. The van der Waals surface area contributed by atoms with Gasteiger partial charge in [0.2, 0.25) is 10.0 Å². The lowest BCUT2D eigenvalue weighted by Crippen LogP contribution is -2.49. The Balaban J connectivity index is 2.50. The van der Waals surface area contributed by atoms with E-state index in [0.29, 0.717) is 5.52 Å². The van der Waals surface area contributed by atoms with Crippen LogP contribution in [0.25, 0.3) is 11.1 Å². The minimum atomic E-state index is -4.06. The molecule has 1 aromatic heterocycles. The molecule has 1 aromatic carbocycles. The molecule has 0 aliphatic heterocycles. The Labute approximate surface area is 120 Å². The van der Waals surface area contributed by atoms with Crippen molar-refractivity contribution in [3.63, 3.8) is 0 Å². The van der Waals surface area contributed by atoms with Crippen LogP contribution in [0.5, 0.6) is 0 Å². The van der Waals surface area contributed by atoms with Crippen LogP contribution in [-0.2, 0) is 21.9 Å². The summed E-state index contributed by atoms with van der Waals surface area (Å²) in [7, 11) is -2.57. The van der Waals surface area contributed by atoms with Gasteiger partial charge in [0.25, 0.3) is 0 Å². The van der Waals surface area contributed by atoms with Gasteiger partial charge in [-0.25, -0.2) is 13.2 Å². The van der Waals surface area contributed by atoms with Gasteiger partial charge in [-0.1, -0.05) is 0 Å². The summed E-state index contributed by atoms with van der Waals surface area (Å²) >= 11 is 0. The van der Waals surface area contributed by atoms with Crippen molar-refractivity contribution in [3.8, 4) is 0 Å². The highest BCUT2D eigenvalue weighted by Gasteiger charge is 2.33. The maximum atomic E-state index is 12.2. The predicted molar refractivity (Wildman–Crippen MR) is 73.5 cm³/mol. The number of aryl methyl sites for hydroxylation is 1. The maximum absolute atomic E-state index is 12.2. The molecule has 0 amide bonds. The third-order valence-corrected chi connectivity index (χ3v) is 4.65. The molecule has 21 heavy (non-hydrogen) atoms. The Morgan fingerprint density at radius 1 is 1.38 bits per heavy atom. The molecule has 0 aliphatic rings. The van der Waals surface area contributed by atoms with E-state index in [0.717, 1.165) is 0 Å². The second-order valence-electron chi connectivity index (χ2n) is 5.09. The van der Waals surface area contributed by atoms with E-state index in [9.17, 15) is 18.0 Å². The van der Waals surface area contributed by atoms with E-state index >= 15 is 0 Å². The van der Waals surface area contributed by atoms with Gasteiger partial charge < -0.3 is 9.52 Å². The van der Waals surface area contributed by atoms with Crippen molar-refractivity contribution < 1.29 is 22.7 Å². The summed E-state index contributed by atoms with van der Waals surface area (Å²) in [6.07, 6.45) is 0. The molecule has 0 aliphatic carbocycles. The lowest BCUT2D eigenvalue weighted by molar-refractivity contribution is -0.142. The number of fused-ring (bicyclic) bond motifs is 1. The van der Waals surface area contributed by atoms with Gasteiger partial charge in [0, 0.05) is 13.1 Å². The van der Waals surface area contributed by atoms with E-state index in [4.69, 9.17) is 9.52 Å². The zero-order chi connectivity index (χ0) is 16.0. The zero-order valence-electron chi connectivity index (χ0n) is 11.6. The van der Waals surface area contributed by atoms with E-state index in [2.05, 4.69) is 4.72 Å². The van der Waals surface area contributed by atoms with Gasteiger partial charge >= 0.3 is 11.7 Å². The highest BCUT2D eigenvalue weighted by Crippen LogP contribution is 2.19. The minimum Gasteiger partial charge on any atom is -0.480 e. The number of carboxylic acid groups (broad SMARTS) is 1. The molecule has 0 bridgehead atoms. The van der Waals surface area contributed by atoms with Crippen molar-refractivity contribution >= 4 is 27.1 Å². The number of carbonyl (C=O) groups is 1. The number of hydrogen-bond acceptors (Lipinski definition) is 5. The number of benzene rings is 1. The summed E-state index contributed by atoms with van der Waals surface area (Å²) in [6, 6.07) is 3.87. The van der Waals surface area contributed by atoms with Gasteiger partial charge in [-0.3, -0.25) is 9.36 Å². The molecule has 114 valence electrons. The molecule has 2 N–H and O–H groups in total. The smallest absolute Gasteiger partial charge is 0.419 e. The summed E-state index contributed by atoms with van der Waals surface area (Å²) < 4.78 is 32.6. The van der Waals surface area contributed by atoms with Crippen LogP contribution < -0.4 is 10.5 Å². The van der Waals surface area contributed by atoms with E-state index in [-0.39, 0.29) is 10.5 Å². The lowest BCUT2D eigenvalue weighted by Gasteiger charge is -2.20. The van der Waals surface area contributed by atoms with Crippen LogP contribution in [0.1, 0.15) is 13.8 Å². The van der Waals surface area contributed by atoms with Crippen LogP contribution in [0.15, 0.2) is 32.3 Å². The number of hydrogen-bond donors (Lipinski definition) is 2. The number of aliphatic carboxylic acids is 1. The summed E-state index contributed by atoms with van der Waals surface area (Å²) in [4.78, 5) is 22.2. The fourth-order valence-corrected chi connectivity index (χ4v) is 3.11. The molecule has 0 saturated heterocycles. The van der Waals surface area contributed by atoms with Crippen molar-refractivity contribution in [3.05, 3.63) is 28.7 Å². The first kappa shape index (κ1) is 15.3. The maximum Gasteiger partial charge on any atom is 0.419 e. The van der Waals surface area contributed by atoms with E-state index in [1.165, 1.54) is 43.7 Å². The van der Waals surface area contributed by atoms with Gasteiger partial charge in [0.15, 0.2) is 5.58 Å². The van der Waals surface area contributed by atoms with Crippen molar-refractivity contribution in [1.29, 1.82) is 0 Å². The van der Waals surface area contributed by atoms with Gasteiger partial charge in [-0.15, -0.1) is 0 Å². The molecule has 0 radical (unpaired) electrons. The number of nitrogens with one attached hydrogen (secondary N) is 1. The van der Waals surface area contributed by atoms with Crippen LogP contribution in [0, 0.1) is 0 Å². The number of carboxylic acids is 1. The predicted octanol–water partition coefficient (Wildman–Crippen LogP) is 0.273. The molecule has 0 fully saturated rings. The normalized spacial score (nSPS) is 12.7. The standard InChI is InChI=1S/C12H14N2O6S/c1-12(2,10(15)16)13-21(18,19)7-4-5-8-9(6-7)20-11(17)14(8)3/h4-6,13H,1-3H3,(H,15,16). The van der Waals surface area contributed by atoms with E-state index < -0.39 is 27.3 Å². The molecule has 9 heteroatoms. The third-order valence-electron chi connectivity index (χ3n) is 3.00. The fraction of sp³-hybridized carbons (Fsp3) is 0.333. The molecule has 0 spiro atoms. The summed E-state index contributed by atoms with van der Waals surface area (Å²) in [5.41, 5.74) is -1.11.